The lowest BCUT2D eigenvalue weighted by Gasteiger charge is -2.24. The zero-order valence-corrected chi connectivity index (χ0v) is 14.1. The van der Waals surface area contributed by atoms with Gasteiger partial charge in [0.1, 0.15) is 0 Å². The summed E-state index contributed by atoms with van der Waals surface area (Å²) in [6, 6.07) is 22.6. The summed E-state index contributed by atoms with van der Waals surface area (Å²) < 4.78 is 15.8. The van der Waals surface area contributed by atoms with Gasteiger partial charge in [-0.15, -0.1) is 0 Å². The fourth-order valence-electron chi connectivity index (χ4n) is 2.35. The van der Waals surface area contributed by atoms with Crippen LogP contribution in [0.2, 0.25) is 0 Å². The Morgan fingerprint density at radius 1 is 0.958 bits per heavy atom. The summed E-state index contributed by atoms with van der Waals surface area (Å²) >= 11 is 1.56. The van der Waals surface area contributed by atoms with Crippen LogP contribution in [0.15, 0.2) is 77.7 Å². The van der Waals surface area contributed by atoms with Gasteiger partial charge in [-0.3, -0.25) is 0 Å². The normalized spacial score (nSPS) is 10.6. The summed E-state index contributed by atoms with van der Waals surface area (Å²) in [6.07, 6.45) is 0. The molecule has 0 fully saturated rings. The summed E-state index contributed by atoms with van der Waals surface area (Å²) in [4.78, 5) is 1.11. The first-order valence-corrected chi connectivity index (χ1v) is 8.44. The molecule has 3 aromatic carbocycles. The highest BCUT2D eigenvalue weighted by atomic mass is 32.2. The van der Waals surface area contributed by atoms with Crippen molar-refractivity contribution < 1.29 is 9.50 Å². The van der Waals surface area contributed by atoms with Crippen molar-refractivity contribution >= 4 is 17.6 Å². The molecule has 0 aliphatic heterocycles. The third kappa shape index (κ3) is 3.89. The molecular formula is C20H18FNOS. The van der Waals surface area contributed by atoms with Crippen LogP contribution in [-0.2, 0) is 6.54 Å². The Labute approximate surface area is 145 Å². The number of rotatable bonds is 5. The summed E-state index contributed by atoms with van der Waals surface area (Å²) in [6.45, 7) is 2.69. The Bertz CT molecular complexity index is 823. The monoisotopic (exact) mass is 339 g/mol. The summed E-state index contributed by atoms with van der Waals surface area (Å²) in [7, 11) is 0. The number of nitrogens with zero attached hydrogens (tertiary/aromatic N) is 1. The molecule has 0 aliphatic carbocycles. The van der Waals surface area contributed by atoms with Crippen molar-refractivity contribution in [1.82, 2.24) is 0 Å². The molecule has 24 heavy (non-hydrogen) atoms. The van der Waals surface area contributed by atoms with Crippen LogP contribution in [0.4, 0.5) is 10.1 Å². The third-order valence-electron chi connectivity index (χ3n) is 3.69. The summed E-state index contributed by atoms with van der Waals surface area (Å²) in [5.74, 6) is -0.949. The van der Waals surface area contributed by atoms with Gasteiger partial charge in [0.2, 0.25) is 0 Å². The highest BCUT2D eigenvalue weighted by molar-refractivity contribution is 8.00. The van der Waals surface area contributed by atoms with Gasteiger partial charge in [0, 0.05) is 11.0 Å². The van der Waals surface area contributed by atoms with Gasteiger partial charge in [-0.2, -0.15) is 0 Å². The Morgan fingerprint density at radius 2 is 1.67 bits per heavy atom. The van der Waals surface area contributed by atoms with Crippen molar-refractivity contribution in [3.8, 4) is 5.75 Å². The number of halogens is 1. The molecule has 0 atom stereocenters. The predicted octanol–water partition coefficient (Wildman–Crippen LogP) is 5.55. The topological polar surface area (TPSA) is 23.5 Å². The second-order valence-electron chi connectivity index (χ2n) is 5.51. The van der Waals surface area contributed by atoms with Gasteiger partial charge in [-0.25, -0.2) is 4.39 Å². The van der Waals surface area contributed by atoms with E-state index in [1.54, 1.807) is 18.0 Å². The quantitative estimate of drug-likeness (QED) is 0.616. The minimum atomic E-state index is -0.615. The maximum absolute atomic E-state index is 13.8. The third-order valence-corrected chi connectivity index (χ3v) is 4.91. The Hall–Kier alpha value is -2.46. The fourth-order valence-corrected chi connectivity index (χ4v) is 3.38. The van der Waals surface area contributed by atoms with E-state index in [1.165, 1.54) is 17.7 Å². The smallest absolute Gasteiger partial charge is 0.166 e. The lowest BCUT2D eigenvalue weighted by atomic mass is 10.2. The zero-order chi connectivity index (χ0) is 16.9. The van der Waals surface area contributed by atoms with E-state index in [2.05, 4.69) is 19.1 Å². The van der Waals surface area contributed by atoms with E-state index in [0.29, 0.717) is 12.2 Å². The maximum Gasteiger partial charge on any atom is 0.166 e. The molecular weight excluding hydrogens is 321 g/mol. The van der Waals surface area contributed by atoms with Crippen molar-refractivity contribution in [2.75, 3.05) is 4.31 Å². The van der Waals surface area contributed by atoms with Crippen molar-refractivity contribution in [2.45, 2.75) is 18.4 Å². The van der Waals surface area contributed by atoms with Gasteiger partial charge >= 0.3 is 0 Å². The molecule has 0 spiro atoms. The molecule has 3 aromatic rings. The van der Waals surface area contributed by atoms with E-state index in [9.17, 15) is 9.50 Å². The lowest BCUT2D eigenvalue weighted by molar-refractivity contribution is 0.432. The van der Waals surface area contributed by atoms with Crippen molar-refractivity contribution in [1.29, 1.82) is 0 Å². The second kappa shape index (κ2) is 7.41. The van der Waals surface area contributed by atoms with Gasteiger partial charge in [0.15, 0.2) is 11.6 Å². The van der Waals surface area contributed by atoms with E-state index in [-0.39, 0.29) is 5.75 Å². The number of benzene rings is 3. The number of anilines is 1. The standard InChI is InChI=1S/C20H18FNOS/c1-15-7-5-6-10-20(15)24-22(14-16-8-3-2-4-9-16)17-11-12-19(23)18(21)13-17/h2-13,23H,14H2,1H3. The fraction of sp³-hybridized carbons (Fsp3) is 0.100. The highest BCUT2D eigenvalue weighted by Gasteiger charge is 2.13. The molecule has 0 unspecified atom stereocenters. The number of aromatic hydroxyl groups is 1. The average molecular weight is 339 g/mol. The van der Waals surface area contributed by atoms with Crippen LogP contribution in [0.5, 0.6) is 5.75 Å². The molecule has 0 radical (unpaired) electrons. The molecule has 122 valence electrons. The number of hydrogen-bond donors (Lipinski definition) is 1. The van der Waals surface area contributed by atoms with Crippen LogP contribution >= 0.6 is 11.9 Å². The van der Waals surface area contributed by atoms with Gasteiger partial charge in [0.05, 0.1) is 12.2 Å². The van der Waals surface area contributed by atoms with Crippen molar-refractivity contribution in [3.05, 3.63) is 89.7 Å². The van der Waals surface area contributed by atoms with E-state index in [0.717, 1.165) is 10.5 Å². The SMILES string of the molecule is Cc1ccccc1SN(Cc1ccccc1)c1ccc(O)c(F)c1. The first-order valence-electron chi connectivity index (χ1n) is 7.67. The van der Waals surface area contributed by atoms with Crippen LogP contribution in [0.25, 0.3) is 0 Å². The molecule has 0 aliphatic rings. The molecule has 2 nitrogen and oxygen atoms in total. The first-order chi connectivity index (χ1) is 11.6. The zero-order valence-electron chi connectivity index (χ0n) is 13.3. The van der Waals surface area contributed by atoms with E-state index >= 15 is 0 Å². The predicted molar refractivity (Wildman–Crippen MR) is 97.7 cm³/mol. The Morgan fingerprint density at radius 3 is 2.38 bits per heavy atom. The van der Waals surface area contributed by atoms with Crippen LogP contribution in [0.1, 0.15) is 11.1 Å². The minimum Gasteiger partial charge on any atom is -0.505 e. The van der Waals surface area contributed by atoms with Crippen molar-refractivity contribution in [2.24, 2.45) is 0 Å². The van der Waals surface area contributed by atoms with E-state index in [1.807, 2.05) is 46.8 Å². The number of phenols is 1. The molecule has 0 amide bonds. The van der Waals surface area contributed by atoms with Crippen molar-refractivity contribution in [3.63, 3.8) is 0 Å². The van der Waals surface area contributed by atoms with Gasteiger partial charge < -0.3 is 9.41 Å². The maximum atomic E-state index is 13.8. The van der Waals surface area contributed by atoms with Gasteiger partial charge in [0.25, 0.3) is 0 Å². The van der Waals surface area contributed by atoms with E-state index < -0.39 is 5.82 Å². The largest absolute Gasteiger partial charge is 0.505 e. The molecule has 0 saturated heterocycles. The number of hydrogen-bond acceptors (Lipinski definition) is 3. The van der Waals surface area contributed by atoms with Crippen LogP contribution in [0.3, 0.4) is 0 Å². The molecule has 0 saturated carbocycles. The average Bonchev–Trinajstić information content (AvgIpc) is 2.59. The minimum absolute atomic E-state index is 0.334. The molecule has 0 bridgehead atoms. The van der Waals surface area contributed by atoms with Crippen LogP contribution < -0.4 is 4.31 Å². The molecule has 0 aromatic heterocycles. The first kappa shape index (κ1) is 16.4. The highest BCUT2D eigenvalue weighted by Crippen LogP contribution is 2.34. The molecule has 0 heterocycles. The number of phenolic OH excluding ortho intramolecular Hbond substituents is 1. The number of aryl methyl sites for hydroxylation is 1. The summed E-state index contributed by atoms with van der Waals surface area (Å²) in [5, 5.41) is 9.45. The molecule has 3 rings (SSSR count). The van der Waals surface area contributed by atoms with E-state index in [4.69, 9.17) is 0 Å². The van der Waals surface area contributed by atoms with Gasteiger partial charge in [-0.05, 0) is 48.2 Å². The molecule has 1 N–H and O–H groups in total. The van der Waals surface area contributed by atoms with Gasteiger partial charge in [-0.1, -0.05) is 48.5 Å². The Balaban J connectivity index is 1.93. The van der Waals surface area contributed by atoms with Crippen LogP contribution in [0, 0.1) is 12.7 Å². The van der Waals surface area contributed by atoms with Crippen LogP contribution in [-0.4, -0.2) is 5.11 Å². The molecule has 4 heteroatoms. The lowest BCUT2D eigenvalue weighted by Crippen LogP contribution is -2.14. The second-order valence-corrected chi connectivity index (χ2v) is 6.58. The Kier molecular flexibility index (Phi) is 5.06. The summed E-state index contributed by atoms with van der Waals surface area (Å²) in [5.41, 5.74) is 3.01.